The molecule has 0 radical (unpaired) electrons. The van der Waals surface area contributed by atoms with E-state index in [2.05, 4.69) is 51.0 Å². The number of furan rings is 1. The number of rotatable bonds is 8. The molecule has 1 unspecified atom stereocenters. The highest BCUT2D eigenvalue weighted by atomic mass is 16.3. The van der Waals surface area contributed by atoms with Crippen molar-refractivity contribution in [3.63, 3.8) is 0 Å². The Balaban J connectivity index is 2.55. The van der Waals surface area contributed by atoms with Gasteiger partial charge in [-0.25, -0.2) is 0 Å². The summed E-state index contributed by atoms with van der Waals surface area (Å²) < 4.78 is 5.79. The van der Waals surface area contributed by atoms with E-state index in [1.54, 1.807) is 0 Å². The molecule has 0 saturated heterocycles. The Labute approximate surface area is 112 Å². The lowest BCUT2D eigenvalue weighted by atomic mass is 10.2. The molecule has 0 aliphatic carbocycles. The van der Waals surface area contributed by atoms with Crippen molar-refractivity contribution < 1.29 is 4.42 Å². The van der Waals surface area contributed by atoms with Crippen molar-refractivity contribution in [1.82, 2.24) is 10.2 Å². The highest BCUT2D eigenvalue weighted by Gasteiger charge is 2.12. The van der Waals surface area contributed by atoms with E-state index in [4.69, 9.17) is 4.42 Å². The lowest BCUT2D eigenvalue weighted by molar-refractivity contribution is 0.242. The van der Waals surface area contributed by atoms with Gasteiger partial charge in [0.25, 0.3) is 0 Å². The third-order valence-corrected chi connectivity index (χ3v) is 3.56. The van der Waals surface area contributed by atoms with Crippen LogP contribution in [-0.2, 0) is 13.1 Å². The molecule has 1 aromatic heterocycles. The summed E-state index contributed by atoms with van der Waals surface area (Å²) in [5, 5.41) is 3.37. The van der Waals surface area contributed by atoms with E-state index in [1.807, 2.05) is 0 Å². The quantitative estimate of drug-likeness (QED) is 0.719. The fourth-order valence-electron chi connectivity index (χ4n) is 1.96. The number of nitrogens with zero attached hydrogens (tertiary/aromatic N) is 1. The van der Waals surface area contributed by atoms with Crippen LogP contribution < -0.4 is 5.32 Å². The molecule has 0 aromatic carbocycles. The van der Waals surface area contributed by atoms with Crippen LogP contribution in [0.5, 0.6) is 0 Å². The first kappa shape index (κ1) is 15.3. The topological polar surface area (TPSA) is 28.4 Å². The summed E-state index contributed by atoms with van der Waals surface area (Å²) in [6, 6.07) is 2.80. The van der Waals surface area contributed by atoms with Gasteiger partial charge in [-0.05, 0) is 46.3 Å². The van der Waals surface area contributed by atoms with E-state index in [0.717, 1.165) is 37.6 Å². The van der Waals surface area contributed by atoms with E-state index in [9.17, 15) is 0 Å². The first-order valence-corrected chi connectivity index (χ1v) is 7.07. The van der Waals surface area contributed by atoms with Gasteiger partial charge in [-0.1, -0.05) is 13.8 Å². The van der Waals surface area contributed by atoms with Crippen LogP contribution in [0.15, 0.2) is 10.5 Å². The molecule has 3 nitrogen and oxygen atoms in total. The zero-order valence-corrected chi connectivity index (χ0v) is 12.5. The molecule has 1 N–H and O–H groups in total. The molecule has 0 fully saturated rings. The molecular formula is C15H28N2O. The van der Waals surface area contributed by atoms with E-state index in [1.165, 1.54) is 12.0 Å². The van der Waals surface area contributed by atoms with Crippen LogP contribution in [0.4, 0.5) is 0 Å². The second-order valence-corrected chi connectivity index (χ2v) is 5.14. The Kier molecular flexibility index (Phi) is 6.44. The highest BCUT2D eigenvalue weighted by molar-refractivity contribution is 5.20. The second kappa shape index (κ2) is 7.59. The number of hydrogen-bond acceptors (Lipinski definition) is 3. The monoisotopic (exact) mass is 252 g/mol. The lowest BCUT2D eigenvalue weighted by Gasteiger charge is -2.22. The first-order valence-electron chi connectivity index (χ1n) is 7.07. The summed E-state index contributed by atoms with van der Waals surface area (Å²) in [6.45, 7) is 11.6. The summed E-state index contributed by atoms with van der Waals surface area (Å²) >= 11 is 0. The third kappa shape index (κ3) is 4.46. The number of hydrogen-bond donors (Lipinski definition) is 1. The van der Waals surface area contributed by atoms with Gasteiger partial charge in [0.1, 0.15) is 11.5 Å². The van der Waals surface area contributed by atoms with Gasteiger partial charge in [0.2, 0.25) is 0 Å². The molecule has 3 heteroatoms. The highest BCUT2D eigenvalue weighted by Crippen LogP contribution is 2.17. The standard InChI is InChI=1S/C15H28N2O/c1-6-8-16-10-15-9-14(13(4)18-15)11-17(5)12(3)7-2/h9,12,16H,6-8,10-11H2,1-5H3. The molecule has 1 heterocycles. The molecular weight excluding hydrogens is 224 g/mol. The van der Waals surface area contributed by atoms with Gasteiger partial charge < -0.3 is 9.73 Å². The van der Waals surface area contributed by atoms with Crippen molar-refractivity contribution in [1.29, 1.82) is 0 Å². The van der Waals surface area contributed by atoms with Crippen LogP contribution in [-0.4, -0.2) is 24.5 Å². The fourth-order valence-corrected chi connectivity index (χ4v) is 1.96. The minimum atomic E-state index is 0.612. The van der Waals surface area contributed by atoms with Crippen molar-refractivity contribution in [2.24, 2.45) is 0 Å². The molecule has 1 aromatic rings. The SMILES string of the molecule is CCCNCc1cc(CN(C)C(C)CC)c(C)o1. The Morgan fingerprint density at radius 2 is 2.11 bits per heavy atom. The van der Waals surface area contributed by atoms with Crippen LogP contribution in [0.2, 0.25) is 0 Å². The molecule has 1 atom stereocenters. The average molecular weight is 252 g/mol. The van der Waals surface area contributed by atoms with Crippen molar-refractivity contribution in [3.8, 4) is 0 Å². The van der Waals surface area contributed by atoms with Crippen LogP contribution >= 0.6 is 0 Å². The smallest absolute Gasteiger partial charge is 0.118 e. The summed E-state index contributed by atoms with van der Waals surface area (Å²) in [5.74, 6) is 2.10. The van der Waals surface area contributed by atoms with Gasteiger partial charge in [0.05, 0.1) is 6.54 Å². The Morgan fingerprint density at radius 3 is 2.72 bits per heavy atom. The zero-order chi connectivity index (χ0) is 13.5. The van der Waals surface area contributed by atoms with Crippen LogP contribution in [0.1, 0.15) is 50.7 Å². The van der Waals surface area contributed by atoms with E-state index in [0.29, 0.717) is 6.04 Å². The predicted octanol–water partition coefficient (Wildman–Crippen LogP) is 3.32. The summed E-state index contributed by atoms with van der Waals surface area (Å²) in [6.07, 6.45) is 2.33. The summed E-state index contributed by atoms with van der Waals surface area (Å²) in [5.41, 5.74) is 1.31. The van der Waals surface area contributed by atoms with E-state index >= 15 is 0 Å². The van der Waals surface area contributed by atoms with Gasteiger partial charge in [-0.15, -0.1) is 0 Å². The van der Waals surface area contributed by atoms with Gasteiger partial charge >= 0.3 is 0 Å². The number of aryl methyl sites for hydroxylation is 1. The molecule has 0 aliphatic heterocycles. The normalized spacial score (nSPS) is 13.2. The van der Waals surface area contributed by atoms with Crippen LogP contribution in [0, 0.1) is 6.92 Å². The van der Waals surface area contributed by atoms with Gasteiger partial charge in [0.15, 0.2) is 0 Å². The average Bonchev–Trinajstić information content (AvgIpc) is 2.69. The van der Waals surface area contributed by atoms with Crippen LogP contribution in [0.3, 0.4) is 0 Å². The third-order valence-electron chi connectivity index (χ3n) is 3.56. The zero-order valence-electron chi connectivity index (χ0n) is 12.5. The maximum Gasteiger partial charge on any atom is 0.118 e. The van der Waals surface area contributed by atoms with E-state index in [-0.39, 0.29) is 0 Å². The largest absolute Gasteiger partial charge is 0.465 e. The van der Waals surface area contributed by atoms with E-state index < -0.39 is 0 Å². The molecule has 0 bridgehead atoms. The van der Waals surface area contributed by atoms with Crippen molar-refractivity contribution in [2.75, 3.05) is 13.6 Å². The maximum absolute atomic E-state index is 5.79. The summed E-state index contributed by atoms with van der Waals surface area (Å²) in [7, 11) is 2.18. The Hall–Kier alpha value is -0.800. The van der Waals surface area contributed by atoms with Crippen molar-refractivity contribution >= 4 is 0 Å². The molecule has 0 saturated carbocycles. The maximum atomic E-state index is 5.79. The fraction of sp³-hybridized carbons (Fsp3) is 0.733. The van der Waals surface area contributed by atoms with Gasteiger partial charge in [-0.3, -0.25) is 4.90 Å². The summed E-state index contributed by atoms with van der Waals surface area (Å²) in [4.78, 5) is 2.38. The molecule has 1 rings (SSSR count). The second-order valence-electron chi connectivity index (χ2n) is 5.14. The molecule has 0 aliphatic rings. The van der Waals surface area contributed by atoms with Gasteiger partial charge in [-0.2, -0.15) is 0 Å². The van der Waals surface area contributed by atoms with Crippen LogP contribution in [0.25, 0.3) is 0 Å². The Morgan fingerprint density at radius 1 is 1.39 bits per heavy atom. The lowest BCUT2D eigenvalue weighted by Crippen LogP contribution is -2.27. The first-order chi connectivity index (χ1) is 8.58. The molecule has 104 valence electrons. The van der Waals surface area contributed by atoms with Gasteiger partial charge in [0, 0.05) is 18.2 Å². The molecule has 0 amide bonds. The molecule has 0 spiro atoms. The molecule has 18 heavy (non-hydrogen) atoms. The number of nitrogens with one attached hydrogen (secondary N) is 1. The minimum absolute atomic E-state index is 0.612. The van der Waals surface area contributed by atoms with Crippen molar-refractivity contribution in [3.05, 3.63) is 23.2 Å². The minimum Gasteiger partial charge on any atom is -0.465 e. The van der Waals surface area contributed by atoms with Crippen molar-refractivity contribution in [2.45, 2.75) is 59.7 Å². The Bertz CT molecular complexity index is 346. The predicted molar refractivity (Wildman–Crippen MR) is 76.7 cm³/mol.